The van der Waals surface area contributed by atoms with Crippen LogP contribution in [-0.4, -0.2) is 16.0 Å². The van der Waals surface area contributed by atoms with Gasteiger partial charge >= 0.3 is 0 Å². The third-order valence-electron chi connectivity index (χ3n) is 2.94. The molecule has 0 unspecified atom stereocenters. The van der Waals surface area contributed by atoms with E-state index in [1.807, 2.05) is 12.1 Å². The summed E-state index contributed by atoms with van der Waals surface area (Å²) in [7, 11) is 0. The van der Waals surface area contributed by atoms with Gasteiger partial charge in [-0.15, -0.1) is 0 Å². The summed E-state index contributed by atoms with van der Waals surface area (Å²) in [5, 5.41) is 13.6. The topological polar surface area (TPSA) is 62.2 Å². The van der Waals surface area contributed by atoms with E-state index in [1.165, 1.54) is 11.3 Å². The van der Waals surface area contributed by atoms with Crippen molar-refractivity contribution >= 4 is 44.2 Å². The molecule has 3 aromatic rings. The maximum Gasteiger partial charge on any atom is 0.230 e. The largest absolute Gasteiger partial charge is 0.508 e. The number of para-hydroxylation sites is 1. The van der Waals surface area contributed by atoms with Gasteiger partial charge in [0.15, 0.2) is 5.13 Å². The van der Waals surface area contributed by atoms with E-state index in [2.05, 4.69) is 10.3 Å². The lowest BCUT2D eigenvalue weighted by Crippen LogP contribution is -2.14. The monoisotopic (exact) mass is 318 g/mol. The van der Waals surface area contributed by atoms with Crippen molar-refractivity contribution in [3.8, 4) is 5.75 Å². The smallest absolute Gasteiger partial charge is 0.230 e. The number of thiazole rings is 1. The summed E-state index contributed by atoms with van der Waals surface area (Å²) >= 11 is 7.29. The minimum absolute atomic E-state index is 0.101. The van der Waals surface area contributed by atoms with Crippen LogP contribution in [0.5, 0.6) is 5.75 Å². The Morgan fingerprint density at radius 1 is 1.29 bits per heavy atom. The number of nitrogens with one attached hydrogen (secondary N) is 1. The van der Waals surface area contributed by atoms with Crippen LogP contribution in [0.3, 0.4) is 0 Å². The Morgan fingerprint density at radius 2 is 2.10 bits per heavy atom. The Kier molecular flexibility index (Phi) is 3.77. The zero-order valence-electron chi connectivity index (χ0n) is 10.8. The number of benzene rings is 2. The molecular formula is C15H11ClN2O2S. The number of aromatic nitrogens is 1. The number of aromatic hydroxyl groups is 1. The molecule has 0 radical (unpaired) electrons. The quantitative estimate of drug-likeness (QED) is 0.771. The van der Waals surface area contributed by atoms with E-state index in [-0.39, 0.29) is 18.1 Å². The van der Waals surface area contributed by atoms with Gasteiger partial charge in [0.05, 0.1) is 16.6 Å². The van der Waals surface area contributed by atoms with Gasteiger partial charge < -0.3 is 10.4 Å². The maximum absolute atomic E-state index is 12.0. The molecule has 0 aliphatic rings. The lowest BCUT2D eigenvalue weighted by atomic mass is 10.1. The van der Waals surface area contributed by atoms with Crippen LogP contribution in [0, 0.1) is 0 Å². The number of hydrogen-bond acceptors (Lipinski definition) is 4. The second kappa shape index (κ2) is 5.71. The van der Waals surface area contributed by atoms with Crippen LogP contribution in [0.25, 0.3) is 10.2 Å². The van der Waals surface area contributed by atoms with E-state index >= 15 is 0 Å². The highest BCUT2D eigenvalue weighted by Gasteiger charge is 2.10. The molecule has 21 heavy (non-hydrogen) atoms. The van der Waals surface area contributed by atoms with E-state index in [0.29, 0.717) is 15.7 Å². The normalized spacial score (nSPS) is 10.7. The summed E-state index contributed by atoms with van der Waals surface area (Å²) in [4.78, 5) is 16.3. The SMILES string of the molecule is O=C(Cc1ccccc1O)Nc1nc2ccc(Cl)cc2s1. The number of phenolic OH excluding ortho intramolecular Hbond substituents is 1. The molecule has 0 atom stereocenters. The van der Waals surface area contributed by atoms with Crippen molar-refractivity contribution in [1.82, 2.24) is 4.98 Å². The number of carbonyl (C=O) groups is 1. The first-order valence-electron chi connectivity index (χ1n) is 6.24. The predicted molar refractivity (Wildman–Crippen MR) is 85.1 cm³/mol. The fourth-order valence-electron chi connectivity index (χ4n) is 1.95. The molecule has 2 N–H and O–H groups in total. The summed E-state index contributed by atoms with van der Waals surface area (Å²) in [5.41, 5.74) is 1.38. The van der Waals surface area contributed by atoms with Gasteiger partial charge in [-0.05, 0) is 24.3 Å². The number of halogens is 1. The first kappa shape index (κ1) is 13.9. The fraction of sp³-hybridized carbons (Fsp3) is 0.0667. The van der Waals surface area contributed by atoms with Gasteiger partial charge in [-0.3, -0.25) is 4.79 Å². The molecule has 6 heteroatoms. The zero-order valence-corrected chi connectivity index (χ0v) is 12.4. The van der Waals surface area contributed by atoms with Crippen LogP contribution in [0.4, 0.5) is 5.13 Å². The lowest BCUT2D eigenvalue weighted by Gasteiger charge is -2.03. The van der Waals surface area contributed by atoms with Crippen molar-refractivity contribution in [1.29, 1.82) is 0 Å². The first-order valence-corrected chi connectivity index (χ1v) is 7.44. The Labute approximate surface area is 130 Å². The van der Waals surface area contributed by atoms with Crippen molar-refractivity contribution in [3.63, 3.8) is 0 Å². The number of amides is 1. The third-order valence-corrected chi connectivity index (χ3v) is 4.11. The first-order chi connectivity index (χ1) is 10.1. The molecule has 0 aliphatic carbocycles. The van der Waals surface area contributed by atoms with E-state index in [1.54, 1.807) is 30.3 Å². The molecule has 106 valence electrons. The number of nitrogens with zero attached hydrogens (tertiary/aromatic N) is 1. The standard InChI is InChI=1S/C15H11ClN2O2S/c16-10-5-6-11-13(8-10)21-15(17-11)18-14(20)7-9-3-1-2-4-12(9)19/h1-6,8,19H,7H2,(H,17,18,20). The molecule has 0 bridgehead atoms. The Balaban J connectivity index is 1.75. The van der Waals surface area contributed by atoms with Gasteiger partial charge in [0.1, 0.15) is 5.75 Å². The zero-order chi connectivity index (χ0) is 14.8. The number of phenols is 1. The van der Waals surface area contributed by atoms with Crippen molar-refractivity contribution in [2.75, 3.05) is 5.32 Å². The van der Waals surface area contributed by atoms with E-state index in [9.17, 15) is 9.90 Å². The van der Waals surface area contributed by atoms with Crippen molar-refractivity contribution in [3.05, 3.63) is 53.1 Å². The number of carbonyl (C=O) groups excluding carboxylic acids is 1. The van der Waals surface area contributed by atoms with Gasteiger partial charge in [0, 0.05) is 10.6 Å². The van der Waals surface area contributed by atoms with E-state index < -0.39 is 0 Å². The highest BCUT2D eigenvalue weighted by Crippen LogP contribution is 2.28. The molecule has 3 rings (SSSR count). The van der Waals surface area contributed by atoms with Crippen LogP contribution in [-0.2, 0) is 11.2 Å². The summed E-state index contributed by atoms with van der Waals surface area (Å²) < 4.78 is 0.917. The molecule has 0 spiro atoms. The maximum atomic E-state index is 12.0. The molecule has 0 saturated heterocycles. The molecule has 2 aromatic carbocycles. The van der Waals surface area contributed by atoms with Crippen LogP contribution in [0.15, 0.2) is 42.5 Å². The molecule has 0 fully saturated rings. The van der Waals surface area contributed by atoms with Crippen molar-refractivity contribution in [2.24, 2.45) is 0 Å². The molecule has 1 amide bonds. The Morgan fingerprint density at radius 3 is 2.90 bits per heavy atom. The second-order valence-electron chi connectivity index (χ2n) is 4.48. The van der Waals surface area contributed by atoms with E-state index in [4.69, 9.17) is 11.6 Å². The van der Waals surface area contributed by atoms with Crippen LogP contribution in [0.1, 0.15) is 5.56 Å². The number of fused-ring (bicyclic) bond motifs is 1. The van der Waals surface area contributed by atoms with Gasteiger partial charge in [0.25, 0.3) is 0 Å². The number of hydrogen-bond donors (Lipinski definition) is 2. The van der Waals surface area contributed by atoms with E-state index in [0.717, 1.165) is 10.2 Å². The predicted octanol–water partition coefficient (Wildman–Crippen LogP) is 3.84. The van der Waals surface area contributed by atoms with Gasteiger partial charge in [-0.1, -0.05) is 41.1 Å². The van der Waals surface area contributed by atoms with Crippen LogP contribution < -0.4 is 5.32 Å². The molecule has 4 nitrogen and oxygen atoms in total. The fourth-order valence-corrected chi connectivity index (χ4v) is 3.11. The summed E-state index contributed by atoms with van der Waals surface area (Å²) in [6, 6.07) is 12.2. The average Bonchev–Trinajstić information content (AvgIpc) is 2.82. The highest BCUT2D eigenvalue weighted by molar-refractivity contribution is 7.22. The lowest BCUT2D eigenvalue weighted by molar-refractivity contribution is -0.115. The van der Waals surface area contributed by atoms with Gasteiger partial charge in [-0.25, -0.2) is 4.98 Å². The summed E-state index contributed by atoms with van der Waals surface area (Å²) in [6.07, 6.45) is 0.101. The molecule has 1 aromatic heterocycles. The minimum Gasteiger partial charge on any atom is -0.508 e. The van der Waals surface area contributed by atoms with Gasteiger partial charge in [0.2, 0.25) is 5.91 Å². The highest BCUT2D eigenvalue weighted by atomic mass is 35.5. The summed E-state index contributed by atoms with van der Waals surface area (Å²) in [5.74, 6) is -0.106. The Hall–Kier alpha value is -2.11. The molecule has 1 heterocycles. The minimum atomic E-state index is -0.221. The average molecular weight is 319 g/mol. The van der Waals surface area contributed by atoms with Crippen LogP contribution >= 0.6 is 22.9 Å². The number of rotatable bonds is 3. The Bertz CT molecular complexity index is 816. The third kappa shape index (κ3) is 3.15. The second-order valence-corrected chi connectivity index (χ2v) is 5.95. The summed E-state index contributed by atoms with van der Waals surface area (Å²) in [6.45, 7) is 0. The van der Waals surface area contributed by atoms with Crippen molar-refractivity contribution < 1.29 is 9.90 Å². The van der Waals surface area contributed by atoms with Crippen LogP contribution in [0.2, 0.25) is 5.02 Å². The van der Waals surface area contributed by atoms with Gasteiger partial charge in [-0.2, -0.15) is 0 Å². The molecule has 0 aliphatic heterocycles. The molecule has 0 saturated carbocycles. The molecular weight excluding hydrogens is 308 g/mol. The van der Waals surface area contributed by atoms with Crippen molar-refractivity contribution in [2.45, 2.75) is 6.42 Å². The number of anilines is 1.